The molecule has 122 valence electrons. The molecule has 0 bridgehead atoms. The Morgan fingerprint density at radius 3 is 2.58 bits per heavy atom. The van der Waals surface area contributed by atoms with Crippen molar-refractivity contribution in [2.75, 3.05) is 0 Å². The normalized spacial score (nSPS) is 10.8. The van der Waals surface area contributed by atoms with Crippen molar-refractivity contribution in [2.45, 2.75) is 13.5 Å². The zero-order chi connectivity index (χ0) is 17.3. The van der Waals surface area contributed by atoms with Gasteiger partial charge in [0.1, 0.15) is 23.9 Å². The van der Waals surface area contributed by atoms with Crippen LogP contribution in [0, 0.1) is 18.6 Å². The van der Waals surface area contributed by atoms with Gasteiger partial charge in [0.25, 0.3) is 5.56 Å². The lowest BCUT2D eigenvalue weighted by atomic mass is 10.2. The molecule has 0 aliphatic rings. The van der Waals surface area contributed by atoms with Gasteiger partial charge in [-0.2, -0.15) is 0 Å². The predicted octanol–water partition coefficient (Wildman–Crippen LogP) is 2.64. The number of hydrogen-bond donors (Lipinski definition) is 0. The van der Waals surface area contributed by atoms with E-state index in [2.05, 4.69) is 4.98 Å². The number of carbonyl (C=O) groups is 1. The second-order valence-corrected chi connectivity index (χ2v) is 5.18. The molecule has 0 N–H and O–H groups in total. The molecule has 7 heteroatoms. The molecular weight excluding hydrogens is 318 g/mol. The highest BCUT2D eigenvalue weighted by atomic mass is 19.1. The van der Waals surface area contributed by atoms with Gasteiger partial charge in [-0.15, -0.1) is 0 Å². The summed E-state index contributed by atoms with van der Waals surface area (Å²) in [6.07, 6.45) is 0. The molecule has 3 aromatic rings. The average Bonchev–Trinajstić information content (AvgIpc) is 2.51. The molecule has 0 aliphatic heterocycles. The van der Waals surface area contributed by atoms with E-state index in [4.69, 9.17) is 4.74 Å². The minimum atomic E-state index is -0.903. The SMILES string of the molecule is Cc1cccc2nc(COC(=O)c3cc(F)cc(F)c3)cc(=O)n12. The number of nitrogens with zero attached hydrogens (tertiary/aromatic N) is 2. The second kappa shape index (κ2) is 6.19. The number of rotatable bonds is 3. The zero-order valence-electron chi connectivity index (χ0n) is 12.6. The Kier molecular flexibility index (Phi) is 4.07. The summed E-state index contributed by atoms with van der Waals surface area (Å²) < 4.78 is 32.6. The van der Waals surface area contributed by atoms with E-state index in [-0.39, 0.29) is 23.4 Å². The van der Waals surface area contributed by atoms with Crippen LogP contribution in [0.3, 0.4) is 0 Å². The van der Waals surface area contributed by atoms with E-state index in [1.807, 2.05) is 0 Å². The monoisotopic (exact) mass is 330 g/mol. The molecule has 0 saturated carbocycles. The van der Waals surface area contributed by atoms with E-state index in [0.29, 0.717) is 11.7 Å². The van der Waals surface area contributed by atoms with Gasteiger partial charge in [0.15, 0.2) is 0 Å². The van der Waals surface area contributed by atoms with Crippen molar-refractivity contribution in [1.29, 1.82) is 0 Å². The molecule has 24 heavy (non-hydrogen) atoms. The molecular formula is C17H12F2N2O3. The lowest BCUT2D eigenvalue weighted by molar-refractivity contribution is 0.0466. The molecule has 0 aliphatic carbocycles. The minimum absolute atomic E-state index is 0.246. The largest absolute Gasteiger partial charge is 0.456 e. The van der Waals surface area contributed by atoms with Gasteiger partial charge < -0.3 is 4.74 Å². The van der Waals surface area contributed by atoms with E-state index in [9.17, 15) is 18.4 Å². The average molecular weight is 330 g/mol. The van der Waals surface area contributed by atoms with Gasteiger partial charge in [0.2, 0.25) is 0 Å². The Labute approximate surface area is 135 Å². The van der Waals surface area contributed by atoms with Crippen molar-refractivity contribution >= 4 is 11.6 Å². The molecule has 0 radical (unpaired) electrons. The number of ether oxygens (including phenoxy) is 1. The summed E-state index contributed by atoms with van der Waals surface area (Å²) in [6.45, 7) is 1.49. The Bertz CT molecular complexity index is 979. The summed E-state index contributed by atoms with van der Waals surface area (Å²) in [6, 6.07) is 8.83. The fourth-order valence-corrected chi connectivity index (χ4v) is 2.33. The third-order valence-corrected chi connectivity index (χ3v) is 3.38. The maximum Gasteiger partial charge on any atom is 0.338 e. The fourth-order valence-electron chi connectivity index (χ4n) is 2.33. The highest BCUT2D eigenvalue weighted by Crippen LogP contribution is 2.10. The lowest BCUT2D eigenvalue weighted by Gasteiger charge is -2.07. The smallest absolute Gasteiger partial charge is 0.338 e. The second-order valence-electron chi connectivity index (χ2n) is 5.18. The van der Waals surface area contributed by atoms with E-state index in [1.54, 1.807) is 25.1 Å². The summed E-state index contributed by atoms with van der Waals surface area (Å²) in [5.74, 6) is -2.65. The lowest BCUT2D eigenvalue weighted by Crippen LogP contribution is -2.18. The van der Waals surface area contributed by atoms with Crippen LogP contribution in [0.2, 0.25) is 0 Å². The number of fused-ring (bicyclic) bond motifs is 1. The van der Waals surface area contributed by atoms with E-state index in [1.165, 1.54) is 10.5 Å². The van der Waals surface area contributed by atoms with Crippen molar-refractivity contribution in [2.24, 2.45) is 0 Å². The topological polar surface area (TPSA) is 60.7 Å². The molecule has 3 rings (SSSR count). The number of aryl methyl sites for hydroxylation is 1. The molecule has 2 aromatic heterocycles. The number of pyridine rings is 1. The van der Waals surface area contributed by atoms with Gasteiger partial charge in [-0.25, -0.2) is 18.6 Å². The molecule has 0 saturated heterocycles. The number of esters is 1. The molecule has 0 fully saturated rings. The van der Waals surface area contributed by atoms with Crippen molar-refractivity contribution in [1.82, 2.24) is 9.38 Å². The third kappa shape index (κ3) is 3.15. The maximum absolute atomic E-state index is 13.1. The van der Waals surface area contributed by atoms with Gasteiger partial charge in [0, 0.05) is 17.8 Å². The van der Waals surface area contributed by atoms with Crippen LogP contribution in [-0.4, -0.2) is 15.4 Å². The first kappa shape index (κ1) is 15.8. The summed E-state index contributed by atoms with van der Waals surface area (Å²) in [7, 11) is 0. The summed E-state index contributed by atoms with van der Waals surface area (Å²) in [4.78, 5) is 28.2. The van der Waals surface area contributed by atoms with Crippen LogP contribution in [0.5, 0.6) is 0 Å². The van der Waals surface area contributed by atoms with Crippen LogP contribution in [0.15, 0.2) is 47.3 Å². The molecule has 2 heterocycles. The van der Waals surface area contributed by atoms with Crippen LogP contribution in [-0.2, 0) is 11.3 Å². The van der Waals surface area contributed by atoms with Crippen LogP contribution in [0.25, 0.3) is 5.65 Å². The van der Waals surface area contributed by atoms with Crippen molar-refractivity contribution in [3.05, 3.63) is 81.4 Å². The van der Waals surface area contributed by atoms with E-state index >= 15 is 0 Å². The Hall–Kier alpha value is -3.09. The maximum atomic E-state index is 13.1. The molecule has 1 aromatic carbocycles. The van der Waals surface area contributed by atoms with Gasteiger partial charge in [-0.05, 0) is 31.2 Å². The quantitative estimate of drug-likeness (QED) is 0.693. The van der Waals surface area contributed by atoms with Crippen LogP contribution in [0.4, 0.5) is 8.78 Å². The molecule has 0 unspecified atom stereocenters. The van der Waals surface area contributed by atoms with Crippen molar-refractivity contribution in [3.63, 3.8) is 0 Å². The first-order valence-corrected chi connectivity index (χ1v) is 7.05. The third-order valence-electron chi connectivity index (χ3n) is 3.38. The Morgan fingerprint density at radius 2 is 1.88 bits per heavy atom. The first-order valence-electron chi connectivity index (χ1n) is 7.05. The van der Waals surface area contributed by atoms with Gasteiger partial charge in [-0.1, -0.05) is 6.07 Å². The standard InChI is InChI=1S/C17H12F2N2O3/c1-10-3-2-4-15-20-14(8-16(22)21(10)15)9-24-17(23)11-5-12(18)7-13(19)6-11/h2-8H,9H2,1H3. The summed E-state index contributed by atoms with van der Waals surface area (Å²) in [5, 5.41) is 0. The highest BCUT2D eigenvalue weighted by Gasteiger charge is 2.12. The predicted molar refractivity (Wildman–Crippen MR) is 81.7 cm³/mol. The Morgan fingerprint density at radius 1 is 1.17 bits per heavy atom. The van der Waals surface area contributed by atoms with E-state index in [0.717, 1.165) is 17.8 Å². The van der Waals surface area contributed by atoms with Crippen molar-refractivity contribution in [3.8, 4) is 0 Å². The van der Waals surface area contributed by atoms with Crippen molar-refractivity contribution < 1.29 is 18.3 Å². The van der Waals surface area contributed by atoms with E-state index < -0.39 is 17.6 Å². The zero-order valence-corrected chi connectivity index (χ0v) is 12.6. The summed E-state index contributed by atoms with van der Waals surface area (Å²) in [5.41, 5.74) is 0.840. The number of hydrogen-bond acceptors (Lipinski definition) is 4. The molecule has 0 amide bonds. The highest BCUT2D eigenvalue weighted by molar-refractivity contribution is 5.89. The number of carbonyl (C=O) groups excluding carboxylic acids is 1. The number of halogens is 2. The van der Waals surface area contributed by atoms with Crippen LogP contribution < -0.4 is 5.56 Å². The van der Waals surface area contributed by atoms with Gasteiger partial charge >= 0.3 is 5.97 Å². The number of benzene rings is 1. The Balaban J connectivity index is 1.83. The molecule has 5 nitrogen and oxygen atoms in total. The summed E-state index contributed by atoms with van der Waals surface area (Å²) >= 11 is 0. The minimum Gasteiger partial charge on any atom is -0.456 e. The van der Waals surface area contributed by atoms with Crippen LogP contribution >= 0.6 is 0 Å². The molecule has 0 atom stereocenters. The fraction of sp³-hybridized carbons (Fsp3) is 0.118. The van der Waals surface area contributed by atoms with Crippen LogP contribution in [0.1, 0.15) is 21.7 Å². The molecule has 0 spiro atoms. The first-order chi connectivity index (χ1) is 11.4. The van der Waals surface area contributed by atoms with Gasteiger partial charge in [0.05, 0.1) is 11.3 Å². The number of aromatic nitrogens is 2. The van der Waals surface area contributed by atoms with Gasteiger partial charge in [-0.3, -0.25) is 9.20 Å².